The molecule has 11 heteroatoms. The molecule has 184 valence electrons. The summed E-state index contributed by atoms with van der Waals surface area (Å²) in [7, 11) is 0. The van der Waals surface area contributed by atoms with Crippen LogP contribution in [0, 0.1) is 6.92 Å². The second kappa shape index (κ2) is 9.61. The highest BCUT2D eigenvalue weighted by molar-refractivity contribution is 6.04. The molecule has 4 rings (SSSR count). The number of alkyl halides is 3. The highest BCUT2D eigenvalue weighted by Crippen LogP contribution is 2.35. The maximum Gasteiger partial charge on any atom is 0.433 e. The van der Waals surface area contributed by atoms with Crippen molar-refractivity contribution in [2.24, 2.45) is 0 Å². The molecule has 0 unspecified atom stereocenters. The minimum atomic E-state index is -4.67. The number of hydrogen-bond donors (Lipinski definition) is 3. The summed E-state index contributed by atoms with van der Waals surface area (Å²) in [6, 6.07) is 10.2. The van der Waals surface area contributed by atoms with Crippen LogP contribution in [-0.4, -0.2) is 52.5 Å². The first kappa shape index (κ1) is 24.6. The first-order valence-electron chi connectivity index (χ1n) is 10.6. The minimum Gasteiger partial charge on any atom is -0.475 e. The number of carbonyl (C=O) groups excluding carboxylic acids is 1. The summed E-state index contributed by atoms with van der Waals surface area (Å²) in [6.07, 6.45) is -3.74. The lowest BCUT2D eigenvalue weighted by molar-refractivity contribution is -0.187. The molecule has 0 atom stereocenters. The summed E-state index contributed by atoms with van der Waals surface area (Å²) >= 11 is 0. The average Bonchev–Trinajstić information content (AvgIpc) is 2.81. The number of benzene rings is 1. The summed E-state index contributed by atoms with van der Waals surface area (Å²) in [4.78, 5) is 20.2. The topological polar surface area (TPSA) is 114 Å². The fourth-order valence-electron chi connectivity index (χ4n) is 3.51. The molecule has 3 N–H and O–H groups in total. The number of aliphatic hydroxyl groups is 2. The lowest BCUT2D eigenvalue weighted by atomic mass is 9.93. The van der Waals surface area contributed by atoms with E-state index in [-0.39, 0.29) is 37.9 Å². The van der Waals surface area contributed by atoms with Crippen molar-refractivity contribution in [3.63, 3.8) is 0 Å². The number of nitrogens with one attached hydrogen (secondary N) is 1. The Morgan fingerprint density at radius 3 is 2.63 bits per heavy atom. The quantitative estimate of drug-likeness (QED) is 0.467. The van der Waals surface area contributed by atoms with E-state index in [1.807, 2.05) is 6.92 Å². The van der Waals surface area contributed by atoms with Crippen molar-refractivity contribution in [1.29, 1.82) is 0 Å². The van der Waals surface area contributed by atoms with Crippen LogP contribution in [0.5, 0.6) is 5.88 Å². The van der Waals surface area contributed by atoms with Crippen molar-refractivity contribution in [3.8, 4) is 17.0 Å². The number of rotatable bonds is 7. The number of ether oxygens (including phenoxy) is 2. The smallest absolute Gasteiger partial charge is 0.433 e. The third-order valence-electron chi connectivity index (χ3n) is 5.42. The van der Waals surface area contributed by atoms with Gasteiger partial charge in [0.05, 0.1) is 25.5 Å². The molecule has 2 aromatic heterocycles. The summed E-state index contributed by atoms with van der Waals surface area (Å²) < 4.78 is 49.4. The van der Waals surface area contributed by atoms with Gasteiger partial charge in [-0.25, -0.2) is 4.98 Å². The molecule has 3 aromatic rings. The maximum absolute atomic E-state index is 13.0. The second-order valence-corrected chi connectivity index (χ2v) is 8.09. The fourth-order valence-corrected chi connectivity index (χ4v) is 3.51. The zero-order chi connectivity index (χ0) is 25.2. The molecule has 1 amide bonds. The standard InChI is InChI=1S/C24H22F3N3O5/c1-14-2-3-17(29-22(32)15-4-5-28-20(8-15)24(25,26)27)11-18(14)16-9-19(23(33)12-34-13-23)30-21(10-16)35-7-6-31/h2-5,8-11,31,33H,6-7,12-13H2,1H3,(H,29,32). The molecule has 3 heterocycles. The summed E-state index contributed by atoms with van der Waals surface area (Å²) in [5.41, 5.74) is 0.190. The van der Waals surface area contributed by atoms with Crippen molar-refractivity contribution >= 4 is 11.6 Å². The van der Waals surface area contributed by atoms with Crippen LogP contribution in [0.3, 0.4) is 0 Å². The van der Waals surface area contributed by atoms with Gasteiger partial charge >= 0.3 is 6.18 Å². The molecular formula is C24H22F3N3O5. The van der Waals surface area contributed by atoms with E-state index in [4.69, 9.17) is 14.6 Å². The Kier molecular flexibility index (Phi) is 6.75. The molecule has 1 aliphatic heterocycles. The Morgan fingerprint density at radius 2 is 1.97 bits per heavy atom. The Balaban J connectivity index is 1.66. The third kappa shape index (κ3) is 5.42. The van der Waals surface area contributed by atoms with Gasteiger partial charge in [-0.2, -0.15) is 13.2 Å². The van der Waals surface area contributed by atoms with E-state index in [1.165, 1.54) is 6.07 Å². The minimum absolute atomic E-state index is 0.00570. The lowest BCUT2D eigenvalue weighted by Gasteiger charge is -2.36. The molecule has 0 radical (unpaired) electrons. The van der Waals surface area contributed by atoms with E-state index in [0.29, 0.717) is 28.6 Å². The van der Waals surface area contributed by atoms with Crippen LogP contribution < -0.4 is 10.1 Å². The fraction of sp³-hybridized carbons (Fsp3) is 0.292. The number of aliphatic hydroxyl groups excluding tert-OH is 1. The van der Waals surface area contributed by atoms with Crippen LogP contribution >= 0.6 is 0 Å². The molecule has 35 heavy (non-hydrogen) atoms. The Bertz CT molecular complexity index is 1250. The Labute approximate surface area is 198 Å². The van der Waals surface area contributed by atoms with E-state index in [1.54, 1.807) is 30.3 Å². The van der Waals surface area contributed by atoms with Crippen LogP contribution in [0.1, 0.15) is 27.3 Å². The number of nitrogens with zero attached hydrogens (tertiary/aromatic N) is 2. The molecule has 8 nitrogen and oxygen atoms in total. The normalized spacial score (nSPS) is 14.8. The molecule has 1 saturated heterocycles. The Morgan fingerprint density at radius 1 is 1.20 bits per heavy atom. The largest absolute Gasteiger partial charge is 0.475 e. The number of halogens is 3. The molecule has 0 bridgehead atoms. The zero-order valence-corrected chi connectivity index (χ0v) is 18.6. The van der Waals surface area contributed by atoms with Gasteiger partial charge in [-0.1, -0.05) is 6.07 Å². The van der Waals surface area contributed by atoms with Crippen LogP contribution in [0.25, 0.3) is 11.1 Å². The van der Waals surface area contributed by atoms with Gasteiger partial charge < -0.3 is 25.0 Å². The Hall–Kier alpha value is -3.54. The summed E-state index contributed by atoms with van der Waals surface area (Å²) in [6.45, 7) is 1.77. The average molecular weight is 489 g/mol. The SMILES string of the molecule is Cc1ccc(NC(=O)c2ccnc(C(F)(F)F)c2)cc1-c1cc(OCCO)nc(C2(O)COC2)c1. The van der Waals surface area contributed by atoms with Gasteiger partial charge in [0.2, 0.25) is 5.88 Å². The van der Waals surface area contributed by atoms with E-state index in [0.717, 1.165) is 11.8 Å². The third-order valence-corrected chi connectivity index (χ3v) is 5.42. The maximum atomic E-state index is 13.0. The van der Waals surface area contributed by atoms with E-state index in [9.17, 15) is 23.1 Å². The van der Waals surface area contributed by atoms with Crippen molar-refractivity contribution in [2.45, 2.75) is 18.7 Å². The molecule has 1 fully saturated rings. The number of aryl methyl sites for hydroxylation is 1. The molecule has 1 aromatic carbocycles. The van der Waals surface area contributed by atoms with Gasteiger partial charge in [-0.3, -0.25) is 9.78 Å². The highest BCUT2D eigenvalue weighted by Gasteiger charge is 2.40. The van der Waals surface area contributed by atoms with Gasteiger partial charge in [-0.15, -0.1) is 0 Å². The number of hydrogen-bond acceptors (Lipinski definition) is 7. The molecule has 0 spiro atoms. The van der Waals surface area contributed by atoms with Gasteiger partial charge in [0.15, 0.2) is 5.60 Å². The molecular weight excluding hydrogens is 467 g/mol. The number of carbonyl (C=O) groups is 1. The number of pyridine rings is 2. The van der Waals surface area contributed by atoms with Crippen molar-refractivity contribution in [2.75, 3.05) is 31.7 Å². The van der Waals surface area contributed by atoms with E-state index in [2.05, 4.69) is 15.3 Å². The van der Waals surface area contributed by atoms with E-state index >= 15 is 0 Å². The van der Waals surface area contributed by atoms with Crippen molar-refractivity contribution in [3.05, 3.63) is 71.2 Å². The molecule has 0 aliphatic carbocycles. The zero-order valence-electron chi connectivity index (χ0n) is 18.6. The molecule has 1 aliphatic rings. The first-order chi connectivity index (χ1) is 16.6. The van der Waals surface area contributed by atoms with Crippen LogP contribution in [0.4, 0.5) is 18.9 Å². The van der Waals surface area contributed by atoms with Crippen LogP contribution in [-0.2, 0) is 16.5 Å². The number of aromatic nitrogens is 2. The van der Waals surface area contributed by atoms with Crippen molar-refractivity contribution in [1.82, 2.24) is 9.97 Å². The number of anilines is 1. The van der Waals surface area contributed by atoms with Gasteiger partial charge in [0.25, 0.3) is 5.91 Å². The predicted octanol–water partition coefficient (Wildman–Crippen LogP) is 3.31. The van der Waals surface area contributed by atoms with Crippen LogP contribution in [0.15, 0.2) is 48.7 Å². The summed E-state index contributed by atoms with van der Waals surface area (Å²) in [5.74, 6) is -0.534. The van der Waals surface area contributed by atoms with E-state index < -0.39 is 23.4 Å². The lowest BCUT2D eigenvalue weighted by Crippen LogP contribution is -2.47. The summed E-state index contributed by atoms with van der Waals surface area (Å²) in [5, 5.41) is 22.4. The van der Waals surface area contributed by atoms with Gasteiger partial charge in [0.1, 0.15) is 12.3 Å². The monoisotopic (exact) mass is 489 g/mol. The highest BCUT2D eigenvalue weighted by atomic mass is 19.4. The van der Waals surface area contributed by atoms with Crippen molar-refractivity contribution < 1.29 is 37.7 Å². The van der Waals surface area contributed by atoms with Crippen LogP contribution in [0.2, 0.25) is 0 Å². The molecule has 0 saturated carbocycles. The number of amides is 1. The van der Waals surface area contributed by atoms with Gasteiger partial charge in [0, 0.05) is 23.5 Å². The second-order valence-electron chi connectivity index (χ2n) is 8.09. The van der Waals surface area contributed by atoms with Gasteiger partial charge in [-0.05, 0) is 53.9 Å². The predicted molar refractivity (Wildman–Crippen MR) is 119 cm³/mol. The first-order valence-corrected chi connectivity index (χ1v) is 10.6.